The van der Waals surface area contributed by atoms with E-state index in [9.17, 15) is 5.11 Å². The molecule has 0 saturated carbocycles. The first-order chi connectivity index (χ1) is 8.86. The molecule has 0 radical (unpaired) electrons. The van der Waals surface area contributed by atoms with E-state index in [1.54, 1.807) is 6.26 Å². The van der Waals surface area contributed by atoms with Gasteiger partial charge in [0.2, 0.25) is 0 Å². The van der Waals surface area contributed by atoms with Crippen LogP contribution in [0.15, 0.2) is 71.3 Å². The monoisotopic (exact) mass is 236 g/mol. The summed E-state index contributed by atoms with van der Waals surface area (Å²) in [5.74, 6) is -0.0416. The molecule has 18 heavy (non-hydrogen) atoms. The Bertz CT molecular complexity index is 639. The van der Waals surface area contributed by atoms with Crippen LogP contribution in [0, 0.1) is 0 Å². The molecular formula is C16H12O2. The summed E-state index contributed by atoms with van der Waals surface area (Å²) < 4.78 is 5.16. The molecule has 2 heteroatoms. The van der Waals surface area contributed by atoms with Crippen molar-refractivity contribution in [1.29, 1.82) is 0 Å². The lowest BCUT2D eigenvalue weighted by Gasteiger charge is -2.03. The lowest BCUT2D eigenvalue weighted by Crippen LogP contribution is -1.80. The van der Waals surface area contributed by atoms with Gasteiger partial charge in [-0.05, 0) is 11.1 Å². The number of furan rings is 1. The molecule has 2 aromatic carbocycles. The molecule has 0 aliphatic rings. The van der Waals surface area contributed by atoms with Crippen LogP contribution in [0.4, 0.5) is 0 Å². The molecule has 1 N–H and O–H groups in total. The highest BCUT2D eigenvalue weighted by atomic mass is 16.5. The minimum atomic E-state index is -0.0416. The largest absolute Gasteiger partial charge is 0.480 e. The van der Waals surface area contributed by atoms with Gasteiger partial charge in [-0.1, -0.05) is 60.7 Å². The Hall–Kier alpha value is -2.48. The summed E-state index contributed by atoms with van der Waals surface area (Å²) in [5.41, 5.74) is 3.61. The molecule has 0 bridgehead atoms. The molecule has 0 spiro atoms. The van der Waals surface area contributed by atoms with E-state index in [2.05, 4.69) is 0 Å². The topological polar surface area (TPSA) is 33.4 Å². The van der Waals surface area contributed by atoms with Gasteiger partial charge in [-0.25, -0.2) is 0 Å². The van der Waals surface area contributed by atoms with Gasteiger partial charge in [0, 0.05) is 5.56 Å². The van der Waals surface area contributed by atoms with E-state index in [0.29, 0.717) is 0 Å². The van der Waals surface area contributed by atoms with E-state index in [0.717, 1.165) is 22.3 Å². The van der Waals surface area contributed by atoms with Gasteiger partial charge in [0.05, 0.1) is 5.56 Å². The van der Waals surface area contributed by atoms with Crippen LogP contribution in [-0.2, 0) is 0 Å². The minimum absolute atomic E-state index is 0.0416. The van der Waals surface area contributed by atoms with Gasteiger partial charge in [0.25, 0.3) is 5.95 Å². The molecule has 0 fully saturated rings. The molecule has 0 aliphatic carbocycles. The summed E-state index contributed by atoms with van der Waals surface area (Å²) in [6.07, 6.45) is 1.59. The fraction of sp³-hybridized carbons (Fsp3) is 0. The van der Waals surface area contributed by atoms with Crippen molar-refractivity contribution >= 4 is 0 Å². The maximum atomic E-state index is 9.88. The van der Waals surface area contributed by atoms with Crippen LogP contribution in [0.5, 0.6) is 5.95 Å². The Morgan fingerprint density at radius 1 is 0.722 bits per heavy atom. The Kier molecular flexibility index (Phi) is 2.61. The molecule has 1 heterocycles. The zero-order chi connectivity index (χ0) is 12.4. The van der Waals surface area contributed by atoms with E-state index in [4.69, 9.17) is 4.42 Å². The highest BCUT2D eigenvalue weighted by Crippen LogP contribution is 2.40. The van der Waals surface area contributed by atoms with Crippen LogP contribution in [0.1, 0.15) is 0 Å². The molecule has 0 amide bonds. The molecule has 0 saturated heterocycles. The fourth-order valence-corrected chi connectivity index (χ4v) is 2.06. The standard InChI is InChI=1S/C16H12O2/c17-16-15(13-9-5-2-6-10-13)14(11-18-16)12-7-3-1-4-8-12/h1-11,17H. The Balaban J connectivity index is 2.19. The van der Waals surface area contributed by atoms with Crippen molar-refractivity contribution in [3.8, 4) is 28.2 Å². The molecule has 0 unspecified atom stereocenters. The van der Waals surface area contributed by atoms with Gasteiger partial charge in [-0.2, -0.15) is 0 Å². The summed E-state index contributed by atoms with van der Waals surface area (Å²) in [7, 11) is 0. The van der Waals surface area contributed by atoms with Crippen molar-refractivity contribution in [3.05, 3.63) is 66.9 Å². The predicted molar refractivity (Wildman–Crippen MR) is 71.2 cm³/mol. The lowest BCUT2D eigenvalue weighted by atomic mass is 9.99. The Morgan fingerprint density at radius 3 is 1.89 bits per heavy atom. The summed E-state index contributed by atoms with van der Waals surface area (Å²) in [6, 6.07) is 19.6. The second-order valence-corrected chi connectivity index (χ2v) is 4.06. The number of aromatic hydroxyl groups is 1. The van der Waals surface area contributed by atoms with Gasteiger partial charge in [0.15, 0.2) is 0 Å². The predicted octanol–water partition coefficient (Wildman–Crippen LogP) is 4.32. The molecule has 0 aliphatic heterocycles. The Labute approximate surface area is 105 Å². The molecule has 0 atom stereocenters. The van der Waals surface area contributed by atoms with Crippen LogP contribution < -0.4 is 0 Å². The average molecular weight is 236 g/mol. The molecule has 88 valence electrons. The van der Waals surface area contributed by atoms with Crippen molar-refractivity contribution in [2.24, 2.45) is 0 Å². The number of hydrogen-bond acceptors (Lipinski definition) is 2. The van der Waals surface area contributed by atoms with Gasteiger partial charge < -0.3 is 9.52 Å². The van der Waals surface area contributed by atoms with Gasteiger partial charge >= 0.3 is 0 Å². The number of hydrogen-bond donors (Lipinski definition) is 1. The first-order valence-corrected chi connectivity index (χ1v) is 5.77. The maximum Gasteiger partial charge on any atom is 0.290 e. The number of rotatable bonds is 2. The van der Waals surface area contributed by atoms with Crippen LogP contribution in [0.2, 0.25) is 0 Å². The van der Waals surface area contributed by atoms with Crippen molar-refractivity contribution in [2.75, 3.05) is 0 Å². The lowest BCUT2D eigenvalue weighted by molar-refractivity contribution is 0.334. The van der Waals surface area contributed by atoms with E-state index in [1.165, 1.54) is 0 Å². The second-order valence-electron chi connectivity index (χ2n) is 4.06. The van der Waals surface area contributed by atoms with Crippen LogP contribution in [0.3, 0.4) is 0 Å². The van der Waals surface area contributed by atoms with Crippen molar-refractivity contribution in [1.82, 2.24) is 0 Å². The van der Waals surface area contributed by atoms with Gasteiger partial charge in [0.1, 0.15) is 6.26 Å². The quantitative estimate of drug-likeness (QED) is 0.718. The normalized spacial score (nSPS) is 10.4. The Morgan fingerprint density at radius 2 is 1.28 bits per heavy atom. The first-order valence-electron chi connectivity index (χ1n) is 5.77. The van der Waals surface area contributed by atoms with Crippen molar-refractivity contribution in [3.63, 3.8) is 0 Å². The van der Waals surface area contributed by atoms with E-state index in [1.807, 2.05) is 60.7 Å². The van der Waals surface area contributed by atoms with Crippen molar-refractivity contribution < 1.29 is 9.52 Å². The first kappa shape index (κ1) is 10.7. The van der Waals surface area contributed by atoms with Crippen molar-refractivity contribution in [2.45, 2.75) is 0 Å². The molecule has 1 aromatic heterocycles. The third kappa shape index (κ3) is 1.78. The maximum absolute atomic E-state index is 9.88. The summed E-state index contributed by atoms with van der Waals surface area (Å²) in [5, 5.41) is 9.88. The second kappa shape index (κ2) is 4.41. The SMILES string of the molecule is Oc1occ(-c2ccccc2)c1-c1ccccc1. The highest BCUT2D eigenvalue weighted by molar-refractivity contribution is 5.85. The third-order valence-electron chi connectivity index (χ3n) is 2.92. The van der Waals surface area contributed by atoms with Gasteiger partial charge in [-0.3, -0.25) is 0 Å². The molecular weight excluding hydrogens is 224 g/mol. The smallest absolute Gasteiger partial charge is 0.290 e. The minimum Gasteiger partial charge on any atom is -0.480 e. The average Bonchev–Trinajstić information content (AvgIpc) is 2.83. The van der Waals surface area contributed by atoms with Crippen LogP contribution in [0.25, 0.3) is 22.3 Å². The van der Waals surface area contributed by atoms with E-state index >= 15 is 0 Å². The molecule has 3 rings (SSSR count). The molecule has 3 aromatic rings. The zero-order valence-corrected chi connectivity index (χ0v) is 9.71. The fourth-order valence-electron chi connectivity index (χ4n) is 2.06. The van der Waals surface area contributed by atoms with Crippen LogP contribution in [-0.4, -0.2) is 5.11 Å². The highest BCUT2D eigenvalue weighted by Gasteiger charge is 2.15. The summed E-state index contributed by atoms with van der Waals surface area (Å²) >= 11 is 0. The van der Waals surface area contributed by atoms with Gasteiger partial charge in [-0.15, -0.1) is 0 Å². The third-order valence-corrected chi connectivity index (χ3v) is 2.92. The zero-order valence-electron chi connectivity index (χ0n) is 9.71. The van der Waals surface area contributed by atoms with E-state index in [-0.39, 0.29) is 5.95 Å². The summed E-state index contributed by atoms with van der Waals surface area (Å²) in [4.78, 5) is 0. The van der Waals surface area contributed by atoms with E-state index < -0.39 is 0 Å². The molecule has 2 nitrogen and oxygen atoms in total. The van der Waals surface area contributed by atoms with Crippen LogP contribution >= 0.6 is 0 Å². The number of benzene rings is 2. The summed E-state index contributed by atoms with van der Waals surface area (Å²) in [6.45, 7) is 0.